The van der Waals surface area contributed by atoms with Crippen molar-refractivity contribution in [3.63, 3.8) is 0 Å². The fourth-order valence-electron chi connectivity index (χ4n) is 1.48. The first kappa shape index (κ1) is 19.4. The highest BCUT2D eigenvalue weighted by Gasteiger charge is 2.07. The lowest BCUT2D eigenvalue weighted by atomic mass is 10.2. The number of Topliss-reactive ketones (excluding diaryl/α,β-unsaturated/α-hetero) is 2. The molecule has 0 aliphatic heterocycles. The number of hydrogen-bond donors (Lipinski definition) is 0. The van der Waals surface area contributed by atoms with Gasteiger partial charge in [0.2, 0.25) is 11.8 Å². The molecule has 8 heteroatoms. The van der Waals surface area contributed by atoms with Crippen LogP contribution in [-0.4, -0.2) is 28.6 Å². The molecule has 0 saturated carbocycles. The zero-order valence-corrected chi connectivity index (χ0v) is 15.7. The van der Waals surface area contributed by atoms with Crippen molar-refractivity contribution in [2.24, 2.45) is 0 Å². The molecule has 23 heavy (non-hydrogen) atoms. The minimum absolute atomic E-state index is 0.0115. The molecule has 0 aliphatic rings. The van der Waals surface area contributed by atoms with E-state index in [2.05, 4.69) is 41.8 Å². The zero-order valence-electron chi connectivity index (χ0n) is 12.6. The topological polar surface area (TPSA) is 69.2 Å². The Labute approximate surface area is 149 Å². The second kappa shape index (κ2) is 8.83. The Morgan fingerprint density at radius 3 is 1.91 bits per heavy atom. The molecule has 2 aromatic heterocycles. The first-order chi connectivity index (χ1) is 10.8. The van der Waals surface area contributed by atoms with Crippen LogP contribution in [0.25, 0.3) is 0 Å². The lowest BCUT2D eigenvalue weighted by Gasteiger charge is -2.02. The van der Waals surface area contributed by atoms with Gasteiger partial charge in [-0.3, -0.25) is 9.59 Å². The largest absolute Gasteiger partial charge is 0.481 e. The lowest BCUT2D eigenvalue weighted by Crippen LogP contribution is -1.96. The van der Waals surface area contributed by atoms with Crippen molar-refractivity contribution >= 4 is 43.4 Å². The Morgan fingerprint density at radius 2 is 1.48 bits per heavy atom. The van der Waals surface area contributed by atoms with Crippen molar-refractivity contribution in [2.45, 2.75) is 13.8 Å². The normalized spacial score (nSPS) is 9.65. The predicted molar refractivity (Wildman–Crippen MR) is 90.4 cm³/mol. The van der Waals surface area contributed by atoms with Gasteiger partial charge in [-0.15, -0.1) is 0 Å². The molecule has 0 saturated heterocycles. The van der Waals surface area contributed by atoms with E-state index >= 15 is 0 Å². The molecule has 0 radical (unpaired) electrons. The molecule has 0 aliphatic carbocycles. The van der Waals surface area contributed by atoms with E-state index in [1.165, 1.54) is 27.2 Å². The molecule has 0 spiro atoms. The minimum Gasteiger partial charge on any atom is -0.481 e. The Bertz CT molecular complexity index is 739. The Hall–Kier alpha value is -1.67. The van der Waals surface area contributed by atoms with E-state index in [1.807, 2.05) is 0 Å². The molecule has 2 rings (SSSR count). The molecule has 0 amide bonds. The number of pyridine rings is 2. The number of halogens is 3. The van der Waals surface area contributed by atoms with Crippen molar-refractivity contribution < 1.29 is 18.7 Å². The average Bonchev–Trinajstić information content (AvgIpc) is 2.50. The van der Waals surface area contributed by atoms with Crippen LogP contribution in [0, 0.1) is 5.95 Å². The second-order valence-corrected chi connectivity index (χ2v) is 6.01. The summed E-state index contributed by atoms with van der Waals surface area (Å²) in [6, 6.07) is 2.71. The van der Waals surface area contributed by atoms with Gasteiger partial charge in [0.15, 0.2) is 11.6 Å². The van der Waals surface area contributed by atoms with Crippen LogP contribution in [0.3, 0.4) is 0 Å². The molecule has 2 heterocycles. The molecule has 0 N–H and O–H groups in total. The predicted octanol–water partition coefficient (Wildman–Crippen LogP) is 4.24. The molecule has 0 bridgehead atoms. The van der Waals surface area contributed by atoms with E-state index in [-0.39, 0.29) is 11.6 Å². The second-order valence-electron chi connectivity index (χ2n) is 4.31. The van der Waals surface area contributed by atoms with E-state index in [1.54, 1.807) is 12.3 Å². The van der Waals surface area contributed by atoms with E-state index in [0.717, 1.165) is 6.07 Å². The van der Waals surface area contributed by atoms with Crippen molar-refractivity contribution in [1.29, 1.82) is 0 Å². The number of methoxy groups -OCH3 is 1. The highest BCUT2D eigenvalue weighted by Crippen LogP contribution is 2.19. The highest BCUT2D eigenvalue weighted by molar-refractivity contribution is 9.10. The van der Waals surface area contributed by atoms with Crippen molar-refractivity contribution in [2.75, 3.05) is 7.11 Å². The molecule has 0 fully saturated rings. The first-order valence-corrected chi connectivity index (χ1v) is 7.87. The van der Waals surface area contributed by atoms with Crippen molar-refractivity contribution in [1.82, 2.24) is 9.97 Å². The monoisotopic (exact) mass is 446 g/mol. The molecule has 0 atom stereocenters. The lowest BCUT2D eigenvalue weighted by molar-refractivity contribution is 0.100. The summed E-state index contributed by atoms with van der Waals surface area (Å²) in [5, 5.41) is 0. The number of hydrogen-bond acceptors (Lipinski definition) is 5. The van der Waals surface area contributed by atoms with Crippen LogP contribution < -0.4 is 4.74 Å². The average molecular weight is 448 g/mol. The minimum atomic E-state index is -0.640. The van der Waals surface area contributed by atoms with Gasteiger partial charge in [-0.25, -0.2) is 9.97 Å². The van der Waals surface area contributed by atoms with Gasteiger partial charge in [0, 0.05) is 44.6 Å². The molecule has 2 aromatic rings. The van der Waals surface area contributed by atoms with E-state index in [0.29, 0.717) is 26.0 Å². The molecular formula is C15H13Br2FN2O3. The van der Waals surface area contributed by atoms with Gasteiger partial charge in [0.25, 0.3) is 0 Å². The third kappa shape index (κ3) is 5.80. The van der Waals surface area contributed by atoms with Gasteiger partial charge < -0.3 is 4.74 Å². The van der Waals surface area contributed by atoms with Crippen LogP contribution >= 0.6 is 31.9 Å². The van der Waals surface area contributed by atoms with Gasteiger partial charge in [0.05, 0.1) is 7.11 Å². The first-order valence-electron chi connectivity index (χ1n) is 6.28. The maximum atomic E-state index is 12.4. The standard InChI is InChI=1S/C8H8BrNO2.C7H5BrFNO/c1-5(11)6-3-8(12-2)10-4-7(6)9;1-4(11)5-2-7(9)10-3-6(5)8/h3-4H,1-2H3;2-3H,1H3. The fraction of sp³-hybridized carbons (Fsp3) is 0.200. The van der Waals surface area contributed by atoms with Gasteiger partial charge in [-0.2, -0.15) is 4.39 Å². The SMILES string of the molecule is CC(=O)c1cc(F)ncc1Br.COc1cc(C(C)=O)c(Br)cn1. The third-order valence-electron chi connectivity index (χ3n) is 2.62. The maximum Gasteiger partial charge on any atom is 0.213 e. The summed E-state index contributed by atoms with van der Waals surface area (Å²) in [6.45, 7) is 2.87. The van der Waals surface area contributed by atoms with Crippen LogP contribution in [0.4, 0.5) is 4.39 Å². The zero-order chi connectivity index (χ0) is 17.6. The molecule has 0 aromatic carbocycles. The van der Waals surface area contributed by atoms with Crippen LogP contribution in [0.1, 0.15) is 34.6 Å². The Kier molecular flexibility index (Phi) is 7.44. The Balaban J connectivity index is 0.000000231. The van der Waals surface area contributed by atoms with Crippen LogP contribution in [-0.2, 0) is 0 Å². The third-order valence-corrected chi connectivity index (χ3v) is 3.88. The number of ketones is 2. The van der Waals surface area contributed by atoms with Gasteiger partial charge in [0.1, 0.15) is 0 Å². The summed E-state index contributed by atoms with van der Waals surface area (Å²) in [4.78, 5) is 29.1. The van der Waals surface area contributed by atoms with Crippen LogP contribution in [0.2, 0.25) is 0 Å². The summed E-state index contributed by atoms with van der Waals surface area (Å²) < 4.78 is 18.5. The van der Waals surface area contributed by atoms with Gasteiger partial charge in [-0.1, -0.05) is 0 Å². The molecular weight excluding hydrogens is 435 g/mol. The van der Waals surface area contributed by atoms with E-state index in [4.69, 9.17) is 4.74 Å². The maximum absolute atomic E-state index is 12.4. The quantitative estimate of drug-likeness (QED) is 0.519. The summed E-state index contributed by atoms with van der Waals surface area (Å²) in [6.07, 6.45) is 2.82. The summed E-state index contributed by atoms with van der Waals surface area (Å²) >= 11 is 6.30. The smallest absolute Gasteiger partial charge is 0.213 e. The van der Waals surface area contributed by atoms with Crippen LogP contribution in [0.5, 0.6) is 5.88 Å². The number of nitrogens with zero attached hydrogens (tertiary/aromatic N) is 2. The number of carbonyl (C=O) groups excluding carboxylic acids is 2. The summed E-state index contributed by atoms with van der Waals surface area (Å²) in [5.41, 5.74) is 0.902. The number of carbonyl (C=O) groups is 2. The van der Waals surface area contributed by atoms with E-state index in [9.17, 15) is 14.0 Å². The molecule has 0 unspecified atom stereocenters. The summed E-state index contributed by atoms with van der Waals surface area (Å²) in [7, 11) is 1.51. The van der Waals surface area contributed by atoms with Gasteiger partial charge >= 0.3 is 0 Å². The molecule has 122 valence electrons. The number of aromatic nitrogens is 2. The van der Waals surface area contributed by atoms with Crippen LogP contribution in [0.15, 0.2) is 33.5 Å². The number of rotatable bonds is 3. The molecule has 5 nitrogen and oxygen atoms in total. The van der Waals surface area contributed by atoms with Crippen molar-refractivity contribution in [3.05, 3.63) is 50.5 Å². The van der Waals surface area contributed by atoms with Crippen molar-refractivity contribution in [3.8, 4) is 5.88 Å². The fourth-order valence-corrected chi connectivity index (χ4v) is 2.48. The summed E-state index contributed by atoms with van der Waals surface area (Å²) in [5.74, 6) is -0.387. The highest BCUT2D eigenvalue weighted by atomic mass is 79.9. The van der Waals surface area contributed by atoms with Gasteiger partial charge in [-0.05, 0) is 45.7 Å². The number of ether oxygens (including phenoxy) is 1. The van der Waals surface area contributed by atoms with E-state index < -0.39 is 5.95 Å². The Morgan fingerprint density at radius 1 is 1.00 bits per heavy atom.